The summed E-state index contributed by atoms with van der Waals surface area (Å²) < 4.78 is 16.4. The second kappa shape index (κ2) is 10.4. The Morgan fingerprint density at radius 2 is 1.94 bits per heavy atom. The molecule has 0 radical (unpaired) electrons. The maximum Gasteiger partial charge on any atom is 0.238 e. The molecule has 2 aromatic heterocycles. The number of thiophene rings is 1. The highest BCUT2D eigenvalue weighted by Crippen LogP contribution is 2.30. The summed E-state index contributed by atoms with van der Waals surface area (Å²) >= 11 is 2.55. The van der Waals surface area contributed by atoms with Crippen molar-refractivity contribution >= 4 is 34.0 Å². The Morgan fingerprint density at radius 3 is 2.70 bits per heavy atom. The molecule has 1 atom stereocenters. The van der Waals surface area contributed by atoms with Gasteiger partial charge in [-0.15, -0.1) is 21.5 Å². The standard InChI is InChI=1S/C24H20FN5OS2/c1-16(22(31)27-23-18(15-26)12-14-32-23)33-24-29-28-21(19-9-5-6-10-20(19)25)30(24)13-11-17-7-3-2-4-8-17/h2-10,12,14,16H,11,13H2,1H3,(H,27,31)/t16-/m1/s1. The van der Waals surface area contributed by atoms with Crippen LogP contribution in [0.2, 0.25) is 0 Å². The number of nitriles is 1. The zero-order valence-corrected chi connectivity index (χ0v) is 19.4. The number of nitrogens with zero attached hydrogens (tertiary/aromatic N) is 4. The first kappa shape index (κ1) is 22.7. The van der Waals surface area contributed by atoms with Crippen LogP contribution in [0.4, 0.5) is 9.39 Å². The number of aryl methyl sites for hydroxylation is 1. The fourth-order valence-corrected chi connectivity index (χ4v) is 4.84. The first-order valence-corrected chi connectivity index (χ1v) is 12.0. The van der Waals surface area contributed by atoms with Gasteiger partial charge in [0, 0.05) is 6.54 Å². The lowest BCUT2D eigenvalue weighted by Crippen LogP contribution is -2.23. The quantitative estimate of drug-likeness (QED) is 0.345. The molecule has 0 fully saturated rings. The number of aromatic nitrogens is 3. The minimum Gasteiger partial charge on any atom is -0.316 e. The van der Waals surface area contributed by atoms with Gasteiger partial charge in [-0.05, 0) is 42.5 Å². The number of carbonyl (C=O) groups is 1. The first-order valence-electron chi connectivity index (χ1n) is 10.2. The molecule has 0 saturated carbocycles. The molecule has 0 aliphatic heterocycles. The summed E-state index contributed by atoms with van der Waals surface area (Å²) in [5, 5.41) is 22.8. The summed E-state index contributed by atoms with van der Waals surface area (Å²) in [6.07, 6.45) is 0.704. The highest BCUT2D eigenvalue weighted by Gasteiger charge is 2.23. The van der Waals surface area contributed by atoms with E-state index in [0.717, 1.165) is 5.56 Å². The third-order valence-electron chi connectivity index (χ3n) is 4.97. The van der Waals surface area contributed by atoms with Crippen molar-refractivity contribution in [2.75, 3.05) is 5.32 Å². The molecule has 0 spiro atoms. The number of nitrogens with one attached hydrogen (secondary N) is 1. The lowest BCUT2D eigenvalue weighted by Gasteiger charge is -2.14. The van der Waals surface area contributed by atoms with Crippen molar-refractivity contribution < 1.29 is 9.18 Å². The molecule has 6 nitrogen and oxygen atoms in total. The number of hydrogen-bond donors (Lipinski definition) is 1. The van der Waals surface area contributed by atoms with Crippen LogP contribution in [-0.2, 0) is 17.8 Å². The van der Waals surface area contributed by atoms with E-state index in [9.17, 15) is 9.18 Å². The maximum absolute atomic E-state index is 14.5. The fraction of sp³-hybridized carbons (Fsp3) is 0.167. The Hall–Kier alpha value is -3.48. The summed E-state index contributed by atoms with van der Waals surface area (Å²) in [4.78, 5) is 12.8. The number of halogens is 1. The number of carbonyl (C=O) groups excluding carboxylic acids is 1. The van der Waals surface area contributed by atoms with Crippen LogP contribution in [0, 0.1) is 17.1 Å². The number of thioether (sulfide) groups is 1. The van der Waals surface area contributed by atoms with E-state index in [1.807, 2.05) is 34.9 Å². The van der Waals surface area contributed by atoms with Crippen molar-refractivity contribution in [1.82, 2.24) is 14.8 Å². The molecule has 2 heterocycles. The molecule has 4 rings (SSSR count). The third-order valence-corrected chi connectivity index (χ3v) is 6.88. The molecule has 0 saturated heterocycles. The van der Waals surface area contributed by atoms with Gasteiger partial charge in [0.15, 0.2) is 11.0 Å². The number of hydrogen-bond acceptors (Lipinski definition) is 6. The molecule has 2 aromatic carbocycles. The highest BCUT2D eigenvalue weighted by atomic mass is 32.2. The molecule has 166 valence electrons. The van der Waals surface area contributed by atoms with Gasteiger partial charge in [0.25, 0.3) is 0 Å². The van der Waals surface area contributed by atoms with Gasteiger partial charge in [-0.2, -0.15) is 5.26 Å². The van der Waals surface area contributed by atoms with Crippen LogP contribution in [-0.4, -0.2) is 25.9 Å². The minimum absolute atomic E-state index is 0.246. The molecule has 4 aromatic rings. The highest BCUT2D eigenvalue weighted by molar-refractivity contribution is 8.00. The summed E-state index contributed by atoms with van der Waals surface area (Å²) in [6, 6.07) is 20.1. The number of amides is 1. The molecule has 0 aliphatic rings. The van der Waals surface area contributed by atoms with Gasteiger partial charge in [-0.3, -0.25) is 4.79 Å². The van der Waals surface area contributed by atoms with Gasteiger partial charge in [-0.1, -0.05) is 54.2 Å². The van der Waals surface area contributed by atoms with Crippen LogP contribution in [0.1, 0.15) is 18.1 Å². The van der Waals surface area contributed by atoms with Crippen molar-refractivity contribution in [3.05, 3.63) is 83.0 Å². The van der Waals surface area contributed by atoms with Crippen LogP contribution in [0.15, 0.2) is 71.2 Å². The number of rotatable bonds is 8. The molecule has 0 bridgehead atoms. The average molecular weight is 478 g/mol. The maximum atomic E-state index is 14.5. The molecule has 1 N–H and O–H groups in total. The molecular weight excluding hydrogens is 457 g/mol. The zero-order valence-electron chi connectivity index (χ0n) is 17.7. The predicted molar refractivity (Wildman–Crippen MR) is 129 cm³/mol. The zero-order chi connectivity index (χ0) is 23.2. The summed E-state index contributed by atoms with van der Waals surface area (Å²) in [7, 11) is 0. The number of anilines is 1. The number of benzene rings is 2. The molecule has 0 aliphatic carbocycles. The Balaban J connectivity index is 1.58. The predicted octanol–water partition coefficient (Wildman–Crippen LogP) is 5.38. The van der Waals surface area contributed by atoms with Crippen molar-refractivity contribution in [1.29, 1.82) is 5.26 Å². The molecule has 0 unspecified atom stereocenters. The van der Waals surface area contributed by atoms with E-state index in [1.54, 1.807) is 36.6 Å². The van der Waals surface area contributed by atoms with Crippen molar-refractivity contribution in [2.24, 2.45) is 0 Å². The third kappa shape index (κ3) is 5.30. The van der Waals surface area contributed by atoms with E-state index in [4.69, 9.17) is 5.26 Å². The smallest absolute Gasteiger partial charge is 0.238 e. The van der Waals surface area contributed by atoms with Crippen LogP contribution >= 0.6 is 23.1 Å². The Labute approximate surface area is 199 Å². The Kier molecular flexibility index (Phi) is 7.17. The second-order valence-electron chi connectivity index (χ2n) is 7.20. The van der Waals surface area contributed by atoms with Crippen LogP contribution in [0.5, 0.6) is 0 Å². The molecular formula is C24H20FN5OS2. The largest absolute Gasteiger partial charge is 0.316 e. The van der Waals surface area contributed by atoms with Gasteiger partial charge in [0.1, 0.15) is 16.9 Å². The van der Waals surface area contributed by atoms with Crippen LogP contribution in [0.3, 0.4) is 0 Å². The topological polar surface area (TPSA) is 83.6 Å². The van der Waals surface area contributed by atoms with Crippen molar-refractivity contribution in [3.8, 4) is 17.5 Å². The van der Waals surface area contributed by atoms with Gasteiger partial charge < -0.3 is 9.88 Å². The van der Waals surface area contributed by atoms with Crippen molar-refractivity contribution in [2.45, 2.75) is 30.3 Å². The summed E-state index contributed by atoms with van der Waals surface area (Å²) in [6.45, 7) is 2.29. The average Bonchev–Trinajstić information content (AvgIpc) is 3.45. The van der Waals surface area contributed by atoms with E-state index in [2.05, 4.69) is 21.6 Å². The minimum atomic E-state index is -0.508. The molecule has 9 heteroatoms. The van der Waals surface area contributed by atoms with Gasteiger partial charge >= 0.3 is 0 Å². The van der Waals surface area contributed by atoms with E-state index >= 15 is 0 Å². The van der Waals surface area contributed by atoms with Crippen LogP contribution < -0.4 is 5.32 Å². The molecule has 1 amide bonds. The summed E-state index contributed by atoms with van der Waals surface area (Å²) in [5.41, 5.74) is 1.92. The van der Waals surface area contributed by atoms with E-state index in [-0.39, 0.29) is 11.7 Å². The Bertz CT molecular complexity index is 1300. The van der Waals surface area contributed by atoms with Gasteiger partial charge in [-0.25, -0.2) is 4.39 Å². The van der Waals surface area contributed by atoms with E-state index in [1.165, 1.54) is 29.2 Å². The normalized spacial score (nSPS) is 11.7. The lowest BCUT2D eigenvalue weighted by atomic mass is 10.1. The van der Waals surface area contributed by atoms with E-state index < -0.39 is 5.25 Å². The van der Waals surface area contributed by atoms with Gasteiger partial charge in [0.05, 0.1) is 16.4 Å². The fourth-order valence-electron chi connectivity index (χ4n) is 3.22. The SMILES string of the molecule is C[C@@H](Sc1nnc(-c2ccccc2F)n1CCc1ccccc1)C(=O)Nc1sccc1C#N. The lowest BCUT2D eigenvalue weighted by molar-refractivity contribution is -0.115. The van der Waals surface area contributed by atoms with Crippen molar-refractivity contribution in [3.63, 3.8) is 0 Å². The Morgan fingerprint density at radius 1 is 1.18 bits per heavy atom. The first-order chi connectivity index (χ1) is 16.1. The van der Waals surface area contributed by atoms with Crippen LogP contribution in [0.25, 0.3) is 11.4 Å². The van der Waals surface area contributed by atoms with E-state index in [0.29, 0.717) is 40.1 Å². The molecule has 33 heavy (non-hydrogen) atoms. The second-order valence-corrected chi connectivity index (χ2v) is 9.42. The van der Waals surface area contributed by atoms with Gasteiger partial charge in [0.2, 0.25) is 5.91 Å². The summed E-state index contributed by atoms with van der Waals surface area (Å²) in [5.74, 6) is -0.205. The monoisotopic (exact) mass is 477 g/mol.